The molecule has 1 spiro atoms. The van der Waals surface area contributed by atoms with Crippen LogP contribution >= 0.6 is 0 Å². The van der Waals surface area contributed by atoms with Crippen molar-refractivity contribution in [1.82, 2.24) is 15.2 Å². The Morgan fingerprint density at radius 3 is 2.61 bits per heavy atom. The second kappa shape index (κ2) is 7.12. The Hall–Kier alpha value is -1.99. The van der Waals surface area contributed by atoms with Gasteiger partial charge in [-0.25, -0.2) is 0 Å². The lowest BCUT2D eigenvalue weighted by Gasteiger charge is -2.53. The van der Waals surface area contributed by atoms with Crippen molar-refractivity contribution in [1.29, 1.82) is 0 Å². The number of carbonyl (C=O) groups is 2. The van der Waals surface area contributed by atoms with Crippen LogP contribution in [0.3, 0.4) is 0 Å². The van der Waals surface area contributed by atoms with Crippen LogP contribution in [0.15, 0.2) is 18.5 Å². The lowest BCUT2D eigenvalue weighted by atomic mass is 9.73. The van der Waals surface area contributed by atoms with Gasteiger partial charge < -0.3 is 20.1 Å². The largest absolute Gasteiger partial charge is 0.388 e. The Morgan fingerprint density at radius 1 is 1.25 bits per heavy atom. The fourth-order valence-corrected chi connectivity index (χ4v) is 4.48. The van der Waals surface area contributed by atoms with E-state index in [0.717, 1.165) is 18.4 Å². The Balaban J connectivity index is 1.43. The number of carbonyl (C=O) groups excluding carboxylic acids is 2. The number of ether oxygens (including phenoxy) is 1. The number of likely N-dealkylation sites (tertiary alicyclic amines) is 1. The average Bonchev–Trinajstić information content (AvgIpc) is 3.52. The number of hydrogen-bond donors (Lipinski definition) is 2. The third-order valence-corrected chi connectivity index (χ3v) is 6.49. The van der Waals surface area contributed by atoms with Crippen molar-refractivity contribution in [2.45, 2.75) is 63.2 Å². The third kappa shape index (κ3) is 3.53. The van der Waals surface area contributed by atoms with Crippen LogP contribution < -0.4 is 5.32 Å². The normalized spacial score (nSPS) is 29.5. The zero-order chi connectivity index (χ0) is 19.9. The van der Waals surface area contributed by atoms with E-state index in [1.165, 1.54) is 0 Å². The van der Waals surface area contributed by atoms with E-state index in [1.54, 1.807) is 17.3 Å². The Labute approximate surface area is 165 Å². The number of pyridine rings is 1. The highest BCUT2D eigenvalue weighted by atomic mass is 16.5. The van der Waals surface area contributed by atoms with Crippen molar-refractivity contribution >= 4 is 11.8 Å². The van der Waals surface area contributed by atoms with Crippen LogP contribution in [0, 0.1) is 12.8 Å². The molecule has 0 radical (unpaired) electrons. The molecule has 1 aliphatic carbocycles. The molecule has 7 heteroatoms. The van der Waals surface area contributed by atoms with Gasteiger partial charge in [0.2, 0.25) is 5.91 Å². The number of aromatic nitrogens is 1. The Kier molecular flexibility index (Phi) is 4.91. The standard InChI is InChI=1S/C21H29N3O4/c1-14-11-16(13-22-12-14)18(26)24-8-5-21(6-9-24)19(27)20(2,7-10-28-21)23-17(25)15-3-4-15/h11-13,15,19,27H,3-10H2,1-2H3,(H,23,25)/t19-,20+/m0/s1. The number of amides is 2. The molecular formula is C21H29N3O4. The Bertz CT molecular complexity index is 771. The first-order valence-corrected chi connectivity index (χ1v) is 10.2. The van der Waals surface area contributed by atoms with E-state index in [0.29, 0.717) is 44.5 Å². The van der Waals surface area contributed by atoms with Crippen molar-refractivity contribution < 1.29 is 19.4 Å². The van der Waals surface area contributed by atoms with Crippen molar-refractivity contribution in [3.05, 3.63) is 29.6 Å². The van der Waals surface area contributed by atoms with Crippen LogP contribution in [0.25, 0.3) is 0 Å². The van der Waals surface area contributed by atoms with Crippen molar-refractivity contribution in [3.63, 3.8) is 0 Å². The van der Waals surface area contributed by atoms with Crippen LogP contribution in [0.4, 0.5) is 0 Å². The summed E-state index contributed by atoms with van der Waals surface area (Å²) in [6, 6.07) is 1.84. The minimum absolute atomic E-state index is 0.0400. The second-order valence-corrected chi connectivity index (χ2v) is 8.79. The van der Waals surface area contributed by atoms with E-state index in [2.05, 4.69) is 10.3 Å². The van der Waals surface area contributed by atoms with Crippen molar-refractivity contribution in [3.8, 4) is 0 Å². The van der Waals surface area contributed by atoms with Crippen LogP contribution in [0.2, 0.25) is 0 Å². The number of aliphatic hydroxyl groups excluding tert-OH is 1. The first-order valence-electron chi connectivity index (χ1n) is 10.2. The van der Waals surface area contributed by atoms with Crippen LogP contribution in [-0.4, -0.2) is 63.7 Å². The molecule has 7 nitrogen and oxygen atoms in total. The summed E-state index contributed by atoms with van der Waals surface area (Å²) in [5, 5.41) is 14.3. The fraction of sp³-hybridized carbons (Fsp3) is 0.667. The number of aliphatic hydroxyl groups is 1. The van der Waals surface area contributed by atoms with Gasteiger partial charge in [0.05, 0.1) is 16.7 Å². The highest BCUT2D eigenvalue weighted by Crippen LogP contribution is 2.41. The molecular weight excluding hydrogens is 358 g/mol. The summed E-state index contributed by atoms with van der Waals surface area (Å²) in [4.78, 5) is 31.0. The summed E-state index contributed by atoms with van der Waals surface area (Å²) in [7, 11) is 0. The molecule has 2 amide bonds. The monoisotopic (exact) mass is 387 g/mol. The molecule has 2 saturated heterocycles. The zero-order valence-electron chi connectivity index (χ0n) is 16.6. The van der Waals surface area contributed by atoms with E-state index in [4.69, 9.17) is 4.74 Å². The second-order valence-electron chi connectivity index (χ2n) is 8.79. The molecule has 1 aromatic rings. The minimum Gasteiger partial charge on any atom is -0.388 e. The van der Waals surface area contributed by atoms with Gasteiger partial charge in [-0.05, 0) is 57.6 Å². The molecule has 28 heavy (non-hydrogen) atoms. The molecule has 2 atom stereocenters. The predicted octanol–water partition coefficient (Wildman–Crippen LogP) is 1.43. The molecule has 1 saturated carbocycles. The lowest BCUT2D eigenvalue weighted by molar-refractivity contribution is -0.205. The molecule has 1 aromatic heterocycles. The first-order chi connectivity index (χ1) is 13.3. The van der Waals surface area contributed by atoms with E-state index in [9.17, 15) is 14.7 Å². The molecule has 0 unspecified atom stereocenters. The molecule has 3 heterocycles. The lowest BCUT2D eigenvalue weighted by Crippen LogP contribution is -2.69. The van der Waals surface area contributed by atoms with Gasteiger partial charge in [-0.3, -0.25) is 14.6 Å². The zero-order valence-corrected chi connectivity index (χ0v) is 16.6. The van der Waals surface area contributed by atoms with E-state index < -0.39 is 17.2 Å². The maximum Gasteiger partial charge on any atom is 0.255 e. The smallest absolute Gasteiger partial charge is 0.255 e. The Morgan fingerprint density at radius 2 is 1.96 bits per heavy atom. The van der Waals surface area contributed by atoms with Gasteiger partial charge in [-0.1, -0.05) is 0 Å². The van der Waals surface area contributed by atoms with E-state index >= 15 is 0 Å². The number of hydrogen-bond acceptors (Lipinski definition) is 5. The molecule has 3 fully saturated rings. The highest BCUT2D eigenvalue weighted by molar-refractivity contribution is 5.94. The summed E-state index contributed by atoms with van der Waals surface area (Å²) >= 11 is 0. The number of nitrogens with one attached hydrogen (secondary N) is 1. The predicted molar refractivity (Wildman–Crippen MR) is 103 cm³/mol. The highest BCUT2D eigenvalue weighted by Gasteiger charge is 2.54. The summed E-state index contributed by atoms with van der Waals surface area (Å²) in [5.41, 5.74) is 0.130. The maximum absolute atomic E-state index is 12.8. The minimum atomic E-state index is -0.797. The van der Waals surface area contributed by atoms with Gasteiger partial charge in [0.25, 0.3) is 5.91 Å². The number of aryl methyl sites for hydroxylation is 1. The third-order valence-electron chi connectivity index (χ3n) is 6.49. The molecule has 2 aliphatic heterocycles. The maximum atomic E-state index is 12.8. The average molecular weight is 387 g/mol. The van der Waals surface area contributed by atoms with Gasteiger partial charge in [0.1, 0.15) is 6.10 Å². The van der Waals surface area contributed by atoms with Gasteiger partial charge in [-0.15, -0.1) is 0 Å². The molecule has 4 rings (SSSR count). The summed E-state index contributed by atoms with van der Waals surface area (Å²) in [6.07, 6.45) is 6.08. The van der Waals surface area contributed by atoms with Gasteiger partial charge in [-0.2, -0.15) is 0 Å². The van der Waals surface area contributed by atoms with Crippen LogP contribution in [0.5, 0.6) is 0 Å². The molecule has 2 N–H and O–H groups in total. The summed E-state index contributed by atoms with van der Waals surface area (Å²) < 4.78 is 6.07. The number of nitrogens with zero attached hydrogens (tertiary/aromatic N) is 2. The van der Waals surface area contributed by atoms with Gasteiger partial charge >= 0.3 is 0 Å². The molecule has 0 aromatic carbocycles. The fourth-order valence-electron chi connectivity index (χ4n) is 4.48. The van der Waals surface area contributed by atoms with E-state index in [-0.39, 0.29) is 17.7 Å². The molecule has 0 bridgehead atoms. The topological polar surface area (TPSA) is 91.8 Å². The SMILES string of the molecule is Cc1cncc(C(=O)N2CCC3(CC2)OCC[C@@](C)(NC(=O)C2CC2)[C@@H]3O)c1. The van der Waals surface area contributed by atoms with E-state index in [1.807, 2.05) is 19.9 Å². The number of piperidine rings is 1. The molecule has 3 aliphatic rings. The van der Waals surface area contributed by atoms with Crippen molar-refractivity contribution in [2.75, 3.05) is 19.7 Å². The quantitative estimate of drug-likeness (QED) is 0.819. The number of rotatable bonds is 3. The van der Waals surface area contributed by atoms with Crippen LogP contribution in [-0.2, 0) is 9.53 Å². The molecule has 152 valence electrons. The van der Waals surface area contributed by atoms with Crippen LogP contribution in [0.1, 0.15) is 54.9 Å². The summed E-state index contributed by atoms with van der Waals surface area (Å²) in [6.45, 7) is 5.34. The van der Waals surface area contributed by atoms with Crippen molar-refractivity contribution in [2.24, 2.45) is 5.92 Å². The van der Waals surface area contributed by atoms with Gasteiger partial charge in [0, 0.05) is 38.0 Å². The first kappa shape index (κ1) is 19.3. The van der Waals surface area contributed by atoms with Gasteiger partial charge in [0.15, 0.2) is 0 Å². The summed E-state index contributed by atoms with van der Waals surface area (Å²) in [5.74, 6) is 0.101.